The topological polar surface area (TPSA) is 61.2 Å². The summed E-state index contributed by atoms with van der Waals surface area (Å²) in [5.74, 6) is 0. The summed E-state index contributed by atoms with van der Waals surface area (Å²) in [6.07, 6.45) is 5.00. The van der Waals surface area contributed by atoms with Gasteiger partial charge < -0.3 is 4.57 Å². The maximum absolute atomic E-state index is 11.9. The zero-order valence-electron chi connectivity index (χ0n) is 9.98. The molecular weight excluding hydrogens is 252 g/mol. The van der Waals surface area contributed by atoms with Gasteiger partial charge in [-0.05, 0) is 18.6 Å². The Hall–Kier alpha value is -1.66. The van der Waals surface area contributed by atoms with Crippen LogP contribution in [-0.4, -0.2) is 24.6 Å². The maximum atomic E-state index is 11.9. The molecule has 0 unspecified atom stereocenters. The van der Waals surface area contributed by atoms with Gasteiger partial charge in [0.05, 0.1) is 17.8 Å². The Morgan fingerprint density at radius 1 is 1.33 bits per heavy atom. The third-order valence-corrected chi connectivity index (χ3v) is 3.98. The molecule has 6 heteroatoms. The van der Waals surface area contributed by atoms with E-state index in [0.29, 0.717) is 12.1 Å². The van der Waals surface area contributed by atoms with Crippen molar-refractivity contribution in [3.63, 3.8) is 0 Å². The summed E-state index contributed by atoms with van der Waals surface area (Å²) in [6.45, 7) is 2.28. The Balaban J connectivity index is 2.02. The van der Waals surface area contributed by atoms with Crippen LogP contribution < -0.4 is 0 Å². The van der Waals surface area contributed by atoms with Gasteiger partial charge in [0.25, 0.3) is 10.1 Å². The maximum Gasteiger partial charge on any atom is 0.297 e. The van der Waals surface area contributed by atoms with Crippen LogP contribution in [0.15, 0.2) is 47.9 Å². The molecule has 0 atom stereocenters. The van der Waals surface area contributed by atoms with E-state index in [-0.39, 0.29) is 11.5 Å². The average Bonchev–Trinajstić information content (AvgIpc) is 2.82. The summed E-state index contributed by atoms with van der Waals surface area (Å²) in [5.41, 5.74) is 0.681. The standard InChI is InChI=1S/C12H14N2O3S/c1-11-4-2-3-5-12(11)18(15,16)17-9-8-14-7-6-13-10-14/h2-7,10H,8-9H2,1H3. The molecule has 0 bridgehead atoms. The van der Waals surface area contributed by atoms with Crippen LogP contribution in [0.2, 0.25) is 0 Å². The fraction of sp³-hybridized carbons (Fsp3) is 0.250. The highest BCUT2D eigenvalue weighted by Gasteiger charge is 2.16. The first-order valence-corrected chi connectivity index (χ1v) is 6.91. The number of benzene rings is 1. The van der Waals surface area contributed by atoms with E-state index in [9.17, 15) is 8.42 Å². The first-order valence-electron chi connectivity index (χ1n) is 5.50. The van der Waals surface area contributed by atoms with Gasteiger partial charge >= 0.3 is 0 Å². The molecule has 0 fully saturated rings. The third kappa shape index (κ3) is 2.96. The van der Waals surface area contributed by atoms with Crippen LogP contribution in [0, 0.1) is 6.92 Å². The molecule has 1 heterocycles. The molecule has 0 radical (unpaired) electrons. The van der Waals surface area contributed by atoms with Crippen molar-refractivity contribution in [2.45, 2.75) is 18.4 Å². The van der Waals surface area contributed by atoms with Crippen molar-refractivity contribution in [1.82, 2.24) is 9.55 Å². The Morgan fingerprint density at radius 3 is 2.78 bits per heavy atom. The molecule has 0 N–H and O–H groups in total. The van der Waals surface area contributed by atoms with Crippen molar-refractivity contribution in [1.29, 1.82) is 0 Å². The summed E-state index contributed by atoms with van der Waals surface area (Å²) >= 11 is 0. The number of aryl methyl sites for hydroxylation is 1. The summed E-state index contributed by atoms with van der Waals surface area (Å²) in [6, 6.07) is 6.76. The van der Waals surface area contributed by atoms with Crippen molar-refractivity contribution in [3.05, 3.63) is 48.5 Å². The van der Waals surface area contributed by atoms with Gasteiger partial charge in [-0.3, -0.25) is 4.18 Å². The number of hydrogen-bond acceptors (Lipinski definition) is 4. The van der Waals surface area contributed by atoms with Crippen molar-refractivity contribution < 1.29 is 12.6 Å². The highest BCUT2D eigenvalue weighted by Crippen LogP contribution is 2.16. The molecule has 96 valence electrons. The molecule has 18 heavy (non-hydrogen) atoms. The number of aromatic nitrogens is 2. The zero-order chi connectivity index (χ0) is 13.0. The zero-order valence-corrected chi connectivity index (χ0v) is 10.8. The van der Waals surface area contributed by atoms with Crippen LogP contribution in [0.5, 0.6) is 0 Å². The van der Waals surface area contributed by atoms with E-state index in [4.69, 9.17) is 4.18 Å². The Kier molecular flexibility index (Phi) is 3.78. The van der Waals surface area contributed by atoms with Gasteiger partial charge in [-0.2, -0.15) is 8.42 Å². The molecule has 1 aromatic heterocycles. The van der Waals surface area contributed by atoms with Crippen molar-refractivity contribution >= 4 is 10.1 Å². The normalized spacial score (nSPS) is 11.6. The Labute approximate surface area is 106 Å². The SMILES string of the molecule is Cc1ccccc1S(=O)(=O)OCCn1ccnc1. The second-order valence-electron chi connectivity index (χ2n) is 3.84. The van der Waals surface area contributed by atoms with E-state index in [2.05, 4.69) is 4.98 Å². The number of rotatable bonds is 5. The lowest BCUT2D eigenvalue weighted by molar-refractivity contribution is 0.300. The summed E-state index contributed by atoms with van der Waals surface area (Å²) in [7, 11) is -3.68. The summed E-state index contributed by atoms with van der Waals surface area (Å²) in [5, 5.41) is 0. The van der Waals surface area contributed by atoms with Gasteiger partial charge in [0.1, 0.15) is 0 Å². The van der Waals surface area contributed by atoms with Crippen LogP contribution in [0.4, 0.5) is 0 Å². The molecule has 5 nitrogen and oxygen atoms in total. The van der Waals surface area contributed by atoms with Gasteiger partial charge in [-0.1, -0.05) is 18.2 Å². The number of hydrogen-bond donors (Lipinski definition) is 0. The van der Waals surface area contributed by atoms with E-state index >= 15 is 0 Å². The van der Waals surface area contributed by atoms with Crippen molar-refractivity contribution in [3.8, 4) is 0 Å². The van der Waals surface area contributed by atoms with E-state index < -0.39 is 10.1 Å². The molecule has 0 saturated carbocycles. The van der Waals surface area contributed by atoms with Crippen molar-refractivity contribution in [2.24, 2.45) is 0 Å². The van der Waals surface area contributed by atoms with E-state index in [0.717, 1.165) is 0 Å². The number of nitrogens with zero attached hydrogens (tertiary/aromatic N) is 2. The molecule has 2 rings (SSSR count). The van der Waals surface area contributed by atoms with Crippen molar-refractivity contribution in [2.75, 3.05) is 6.61 Å². The predicted octanol–water partition coefficient (Wildman–Crippen LogP) is 1.60. The third-order valence-electron chi connectivity index (χ3n) is 2.51. The van der Waals surface area contributed by atoms with Crippen LogP contribution in [-0.2, 0) is 20.8 Å². The lowest BCUT2D eigenvalue weighted by atomic mass is 10.2. The Bertz CT molecular complexity index is 606. The molecule has 0 amide bonds. The predicted molar refractivity (Wildman–Crippen MR) is 66.5 cm³/mol. The van der Waals surface area contributed by atoms with Crippen LogP contribution >= 0.6 is 0 Å². The first-order chi connectivity index (χ1) is 8.59. The molecule has 2 aromatic rings. The van der Waals surface area contributed by atoms with Gasteiger partial charge in [-0.15, -0.1) is 0 Å². The minimum atomic E-state index is -3.68. The Morgan fingerprint density at radius 2 is 2.11 bits per heavy atom. The van der Waals surface area contributed by atoms with Crippen LogP contribution in [0.1, 0.15) is 5.56 Å². The minimum Gasteiger partial charge on any atom is -0.335 e. The summed E-state index contributed by atoms with van der Waals surface area (Å²) < 4.78 is 30.6. The van der Waals surface area contributed by atoms with E-state index in [1.165, 1.54) is 0 Å². The molecular formula is C12H14N2O3S. The quantitative estimate of drug-likeness (QED) is 0.771. The van der Waals surface area contributed by atoms with Gasteiger partial charge in [0.2, 0.25) is 0 Å². The van der Waals surface area contributed by atoms with Gasteiger partial charge in [0, 0.05) is 18.9 Å². The number of imidazole rings is 1. The largest absolute Gasteiger partial charge is 0.335 e. The fourth-order valence-electron chi connectivity index (χ4n) is 1.57. The monoisotopic (exact) mass is 266 g/mol. The second-order valence-corrected chi connectivity index (χ2v) is 5.43. The molecule has 0 saturated heterocycles. The first kappa shape index (κ1) is 12.8. The summed E-state index contributed by atoms with van der Waals surface area (Å²) in [4.78, 5) is 4.09. The minimum absolute atomic E-state index is 0.0903. The molecule has 0 spiro atoms. The molecule has 0 aliphatic heterocycles. The highest BCUT2D eigenvalue weighted by atomic mass is 32.2. The molecule has 1 aromatic carbocycles. The second kappa shape index (κ2) is 5.32. The molecule has 0 aliphatic rings. The fourth-order valence-corrected chi connectivity index (χ4v) is 2.70. The highest BCUT2D eigenvalue weighted by molar-refractivity contribution is 7.86. The average molecular weight is 266 g/mol. The lowest BCUT2D eigenvalue weighted by Gasteiger charge is -2.08. The smallest absolute Gasteiger partial charge is 0.297 e. The van der Waals surface area contributed by atoms with Gasteiger partial charge in [-0.25, -0.2) is 4.98 Å². The lowest BCUT2D eigenvalue weighted by Crippen LogP contribution is -2.12. The van der Waals surface area contributed by atoms with Crippen LogP contribution in [0.25, 0.3) is 0 Å². The van der Waals surface area contributed by atoms with E-state index in [1.807, 2.05) is 0 Å². The van der Waals surface area contributed by atoms with E-state index in [1.54, 1.807) is 54.5 Å². The molecule has 0 aliphatic carbocycles. The van der Waals surface area contributed by atoms with Crippen LogP contribution in [0.3, 0.4) is 0 Å². The van der Waals surface area contributed by atoms with Gasteiger partial charge in [0.15, 0.2) is 0 Å².